The fraction of sp³-hybridized carbons (Fsp3) is 0.667. The van der Waals surface area contributed by atoms with Gasteiger partial charge in [0.15, 0.2) is 4.34 Å². The Hall–Kier alpha value is -0.0400. The van der Waals surface area contributed by atoms with Gasteiger partial charge in [-0.05, 0) is 6.42 Å². The first-order valence-corrected chi connectivity index (χ1v) is 7.58. The van der Waals surface area contributed by atoms with Crippen LogP contribution in [0.2, 0.25) is 0 Å². The highest BCUT2D eigenvalue weighted by molar-refractivity contribution is 8.01. The second-order valence-corrected chi connectivity index (χ2v) is 7.80. The quantitative estimate of drug-likeness (QED) is 0.363. The van der Waals surface area contributed by atoms with Gasteiger partial charge < -0.3 is 4.90 Å². The minimum absolute atomic E-state index is 0.369. The molecule has 17 heavy (non-hydrogen) atoms. The minimum Gasteiger partial charge on any atom is -0.369 e. The van der Waals surface area contributed by atoms with Crippen LogP contribution < -0.4 is 0 Å². The predicted molar refractivity (Wildman–Crippen MR) is 75.0 cm³/mol. The molecule has 1 unspecified atom stereocenters. The van der Waals surface area contributed by atoms with Gasteiger partial charge in [0.1, 0.15) is 4.33 Å². The van der Waals surface area contributed by atoms with Crippen molar-refractivity contribution in [2.24, 2.45) is 10.9 Å². The minimum atomic E-state index is -0.510. The Morgan fingerprint density at radius 2 is 2.29 bits per heavy atom. The fourth-order valence-electron chi connectivity index (χ4n) is 1.10. The second kappa shape index (κ2) is 5.30. The zero-order valence-corrected chi connectivity index (χ0v) is 12.6. The number of hydrogen-bond acceptors (Lipinski definition) is 5. The normalized spacial score (nSPS) is 22.0. The SMILES string of the molecule is CN(C)/C=N/c1nnc(SCC2CC2(Cl)Cl)s1. The second-order valence-electron chi connectivity index (χ2n) is 4.03. The third-order valence-electron chi connectivity index (χ3n) is 2.16. The molecule has 4 nitrogen and oxygen atoms in total. The van der Waals surface area contributed by atoms with E-state index in [1.165, 1.54) is 11.3 Å². The Kier molecular flexibility index (Phi) is 4.18. The summed E-state index contributed by atoms with van der Waals surface area (Å²) in [5, 5.41) is 8.70. The Labute approximate surface area is 118 Å². The number of hydrogen-bond donors (Lipinski definition) is 0. The number of rotatable bonds is 5. The van der Waals surface area contributed by atoms with E-state index in [1.54, 1.807) is 18.1 Å². The Morgan fingerprint density at radius 1 is 1.59 bits per heavy atom. The molecule has 0 spiro atoms. The Morgan fingerprint density at radius 3 is 2.88 bits per heavy atom. The van der Waals surface area contributed by atoms with Crippen LogP contribution in [0.25, 0.3) is 0 Å². The molecule has 0 bridgehead atoms. The molecule has 0 amide bonds. The lowest BCUT2D eigenvalue weighted by Crippen LogP contribution is -2.06. The van der Waals surface area contributed by atoms with Gasteiger partial charge in [-0.3, -0.25) is 0 Å². The van der Waals surface area contributed by atoms with Crippen LogP contribution in [0.5, 0.6) is 0 Å². The van der Waals surface area contributed by atoms with Crippen molar-refractivity contribution in [3.63, 3.8) is 0 Å². The van der Waals surface area contributed by atoms with Gasteiger partial charge in [0.05, 0.1) is 6.34 Å². The monoisotopic (exact) mass is 310 g/mol. The summed E-state index contributed by atoms with van der Waals surface area (Å²) in [6.45, 7) is 0. The van der Waals surface area contributed by atoms with Gasteiger partial charge in [0.2, 0.25) is 5.13 Å². The summed E-state index contributed by atoms with van der Waals surface area (Å²) in [5.74, 6) is 1.26. The van der Waals surface area contributed by atoms with Crippen LogP contribution in [0.4, 0.5) is 5.13 Å². The number of aromatic nitrogens is 2. The number of thioether (sulfide) groups is 1. The topological polar surface area (TPSA) is 41.4 Å². The largest absolute Gasteiger partial charge is 0.369 e. The van der Waals surface area contributed by atoms with Crippen molar-refractivity contribution in [3.8, 4) is 0 Å². The van der Waals surface area contributed by atoms with Crippen LogP contribution in [0.3, 0.4) is 0 Å². The number of nitrogens with zero attached hydrogens (tertiary/aromatic N) is 4. The summed E-state index contributed by atoms with van der Waals surface area (Å²) < 4.78 is 0.399. The Balaban J connectivity index is 1.82. The van der Waals surface area contributed by atoms with E-state index in [1.807, 2.05) is 19.0 Å². The molecule has 0 saturated heterocycles. The van der Waals surface area contributed by atoms with Crippen molar-refractivity contribution in [3.05, 3.63) is 0 Å². The van der Waals surface area contributed by atoms with Gasteiger partial charge in [0.25, 0.3) is 0 Å². The van der Waals surface area contributed by atoms with Crippen molar-refractivity contribution in [1.82, 2.24) is 15.1 Å². The van der Waals surface area contributed by atoms with Crippen molar-refractivity contribution < 1.29 is 0 Å². The molecular formula is C9H12Cl2N4S2. The van der Waals surface area contributed by atoms with Crippen LogP contribution in [-0.4, -0.2) is 45.6 Å². The van der Waals surface area contributed by atoms with E-state index in [2.05, 4.69) is 15.2 Å². The molecule has 2 rings (SSSR count). The van der Waals surface area contributed by atoms with Crippen LogP contribution in [0.1, 0.15) is 6.42 Å². The molecule has 8 heteroatoms. The van der Waals surface area contributed by atoms with E-state index in [9.17, 15) is 0 Å². The highest BCUT2D eigenvalue weighted by Crippen LogP contribution is 2.55. The van der Waals surface area contributed by atoms with E-state index >= 15 is 0 Å². The molecule has 1 aromatic rings. The molecule has 1 saturated carbocycles. The molecule has 1 aliphatic carbocycles. The lowest BCUT2D eigenvalue weighted by atomic mass is 10.5. The van der Waals surface area contributed by atoms with E-state index in [0.29, 0.717) is 11.0 Å². The summed E-state index contributed by atoms with van der Waals surface area (Å²) >= 11 is 15.0. The third-order valence-corrected chi connectivity index (χ3v) is 5.21. The number of alkyl halides is 2. The maximum Gasteiger partial charge on any atom is 0.233 e. The van der Waals surface area contributed by atoms with Crippen molar-refractivity contribution in [1.29, 1.82) is 0 Å². The summed E-state index contributed by atoms with van der Waals surface area (Å²) in [6.07, 6.45) is 2.58. The van der Waals surface area contributed by atoms with Gasteiger partial charge in [-0.1, -0.05) is 23.1 Å². The molecule has 1 aromatic heterocycles. The third kappa shape index (κ3) is 3.98. The van der Waals surface area contributed by atoms with Crippen LogP contribution in [0.15, 0.2) is 9.33 Å². The molecular weight excluding hydrogens is 299 g/mol. The maximum absolute atomic E-state index is 5.95. The number of aliphatic imine (C=N–C) groups is 1. The summed E-state index contributed by atoms with van der Waals surface area (Å²) in [4.78, 5) is 6.03. The van der Waals surface area contributed by atoms with Crippen molar-refractivity contribution in [2.45, 2.75) is 15.1 Å². The molecule has 1 aliphatic rings. The standard InChI is InChI=1S/C9H12Cl2N4S2/c1-15(2)5-12-7-13-14-8(17-7)16-4-6-3-9(6,10)11/h5-6H,3-4H2,1-2H3/b12-5+. The van der Waals surface area contributed by atoms with Crippen molar-refractivity contribution >= 4 is 57.8 Å². The van der Waals surface area contributed by atoms with Gasteiger partial charge in [-0.2, -0.15) is 0 Å². The number of halogens is 2. The van der Waals surface area contributed by atoms with E-state index in [-0.39, 0.29) is 0 Å². The van der Waals surface area contributed by atoms with E-state index < -0.39 is 4.33 Å². The first kappa shape index (κ1) is 13.4. The zero-order valence-electron chi connectivity index (χ0n) is 9.43. The molecule has 94 valence electrons. The van der Waals surface area contributed by atoms with Gasteiger partial charge in [-0.15, -0.1) is 33.4 Å². The van der Waals surface area contributed by atoms with Crippen molar-refractivity contribution in [2.75, 3.05) is 19.8 Å². The summed E-state index contributed by atoms with van der Waals surface area (Å²) in [6, 6.07) is 0. The highest BCUT2D eigenvalue weighted by atomic mass is 35.5. The molecule has 0 radical (unpaired) electrons. The van der Waals surface area contributed by atoms with Gasteiger partial charge >= 0.3 is 0 Å². The average molecular weight is 311 g/mol. The predicted octanol–water partition coefficient (Wildman–Crippen LogP) is 3.05. The fourth-order valence-corrected chi connectivity index (χ4v) is 3.74. The van der Waals surface area contributed by atoms with Gasteiger partial charge in [-0.25, -0.2) is 4.99 Å². The van der Waals surface area contributed by atoms with Crippen LogP contribution >= 0.6 is 46.3 Å². The van der Waals surface area contributed by atoms with E-state index in [0.717, 1.165) is 16.5 Å². The smallest absolute Gasteiger partial charge is 0.233 e. The molecule has 0 aliphatic heterocycles. The van der Waals surface area contributed by atoms with Crippen LogP contribution in [-0.2, 0) is 0 Å². The van der Waals surface area contributed by atoms with Crippen LogP contribution in [0, 0.1) is 5.92 Å². The molecule has 1 heterocycles. The lowest BCUT2D eigenvalue weighted by molar-refractivity contribution is 0.643. The lowest BCUT2D eigenvalue weighted by Gasteiger charge is -1.99. The average Bonchev–Trinajstić information content (AvgIpc) is 2.68. The molecule has 1 atom stereocenters. The first-order chi connectivity index (χ1) is 7.97. The first-order valence-electron chi connectivity index (χ1n) is 5.02. The highest BCUT2D eigenvalue weighted by Gasteiger charge is 2.51. The maximum atomic E-state index is 5.95. The molecule has 0 aromatic carbocycles. The summed E-state index contributed by atoms with van der Waals surface area (Å²) in [7, 11) is 3.82. The van der Waals surface area contributed by atoms with Gasteiger partial charge in [0, 0.05) is 25.8 Å². The molecule has 1 fully saturated rings. The molecule has 0 N–H and O–H groups in total. The zero-order chi connectivity index (χ0) is 12.5. The Bertz CT molecular complexity index is 419. The summed E-state index contributed by atoms with van der Waals surface area (Å²) in [5.41, 5.74) is 0. The van der Waals surface area contributed by atoms with E-state index in [4.69, 9.17) is 23.2 Å².